The highest BCUT2D eigenvalue weighted by molar-refractivity contribution is 6.01. The van der Waals surface area contributed by atoms with Crippen molar-refractivity contribution < 1.29 is 9.59 Å². The third-order valence-electron chi connectivity index (χ3n) is 4.16. The summed E-state index contributed by atoms with van der Waals surface area (Å²) in [5, 5.41) is 0. The van der Waals surface area contributed by atoms with Gasteiger partial charge in [-0.2, -0.15) is 0 Å². The van der Waals surface area contributed by atoms with E-state index in [1.54, 1.807) is 6.92 Å². The molecule has 0 aliphatic heterocycles. The van der Waals surface area contributed by atoms with E-state index in [4.69, 9.17) is 0 Å². The van der Waals surface area contributed by atoms with Gasteiger partial charge in [0.25, 0.3) is 0 Å². The molecule has 96 valence electrons. The van der Waals surface area contributed by atoms with Crippen LogP contribution in [0.2, 0.25) is 0 Å². The summed E-state index contributed by atoms with van der Waals surface area (Å²) in [7, 11) is 0. The quantitative estimate of drug-likeness (QED) is 0.761. The van der Waals surface area contributed by atoms with Crippen molar-refractivity contribution in [3.8, 4) is 0 Å². The molecular formula is C16H20O2. The van der Waals surface area contributed by atoms with Gasteiger partial charge in [0.2, 0.25) is 0 Å². The van der Waals surface area contributed by atoms with Gasteiger partial charge in [0.15, 0.2) is 5.78 Å². The zero-order valence-electron chi connectivity index (χ0n) is 11.2. The van der Waals surface area contributed by atoms with Gasteiger partial charge in [-0.25, -0.2) is 0 Å². The van der Waals surface area contributed by atoms with E-state index in [0.29, 0.717) is 11.8 Å². The second-order valence-electron chi connectivity index (χ2n) is 5.62. The minimum absolute atomic E-state index is 0.0647. The third kappa shape index (κ3) is 2.24. The van der Waals surface area contributed by atoms with Crippen molar-refractivity contribution in [3.63, 3.8) is 0 Å². The number of carbonyl (C=O) groups excluding carboxylic acids is 2. The predicted molar refractivity (Wildman–Crippen MR) is 71.4 cm³/mol. The van der Waals surface area contributed by atoms with Crippen LogP contribution in [0, 0.1) is 23.7 Å². The van der Waals surface area contributed by atoms with Gasteiger partial charge in [0, 0.05) is 17.4 Å². The summed E-state index contributed by atoms with van der Waals surface area (Å²) in [6.07, 6.45) is 0.871. The Balaban J connectivity index is 2.23. The summed E-state index contributed by atoms with van der Waals surface area (Å²) in [6, 6.07) is 9.34. The minimum Gasteiger partial charge on any atom is -0.300 e. The van der Waals surface area contributed by atoms with Crippen molar-refractivity contribution in [1.29, 1.82) is 0 Å². The van der Waals surface area contributed by atoms with Crippen LogP contribution in [0.25, 0.3) is 0 Å². The van der Waals surface area contributed by atoms with Gasteiger partial charge in [0.05, 0.1) is 0 Å². The lowest BCUT2D eigenvalue weighted by atomic mass is 9.57. The first-order valence-corrected chi connectivity index (χ1v) is 6.62. The molecule has 0 radical (unpaired) electrons. The molecule has 2 heteroatoms. The van der Waals surface area contributed by atoms with Gasteiger partial charge in [-0.15, -0.1) is 0 Å². The smallest absolute Gasteiger partial charge is 0.166 e. The SMILES string of the molecule is CC(=O)[C@H]1C[C@H](C(C)C)[C@H]1C(=O)c1ccccc1. The van der Waals surface area contributed by atoms with E-state index in [9.17, 15) is 9.59 Å². The molecule has 0 heterocycles. The molecule has 2 nitrogen and oxygen atoms in total. The highest BCUT2D eigenvalue weighted by Gasteiger charge is 2.48. The van der Waals surface area contributed by atoms with Crippen molar-refractivity contribution in [2.24, 2.45) is 23.7 Å². The Labute approximate surface area is 108 Å². The second-order valence-corrected chi connectivity index (χ2v) is 5.62. The third-order valence-corrected chi connectivity index (χ3v) is 4.16. The van der Waals surface area contributed by atoms with Crippen molar-refractivity contribution in [1.82, 2.24) is 0 Å². The Hall–Kier alpha value is -1.44. The predicted octanol–water partition coefficient (Wildman–Crippen LogP) is 3.37. The Bertz CT molecular complexity index is 447. The van der Waals surface area contributed by atoms with E-state index < -0.39 is 0 Å². The largest absolute Gasteiger partial charge is 0.300 e. The van der Waals surface area contributed by atoms with Crippen molar-refractivity contribution in [3.05, 3.63) is 35.9 Å². The summed E-state index contributed by atoms with van der Waals surface area (Å²) in [6.45, 7) is 5.87. The van der Waals surface area contributed by atoms with Crippen molar-refractivity contribution in [2.75, 3.05) is 0 Å². The zero-order valence-corrected chi connectivity index (χ0v) is 11.2. The number of hydrogen-bond donors (Lipinski definition) is 0. The molecular weight excluding hydrogens is 224 g/mol. The van der Waals surface area contributed by atoms with Crippen LogP contribution in [0.5, 0.6) is 0 Å². The van der Waals surface area contributed by atoms with Crippen LogP contribution in [0.3, 0.4) is 0 Å². The molecule has 1 aromatic carbocycles. The lowest BCUT2D eigenvalue weighted by Gasteiger charge is -2.45. The van der Waals surface area contributed by atoms with Crippen LogP contribution in [0.1, 0.15) is 37.6 Å². The van der Waals surface area contributed by atoms with Crippen LogP contribution in [0.15, 0.2) is 30.3 Å². The molecule has 0 amide bonds. The average molecular weight is 244 g/mol. The molecule has 2 rings (SSSR count). The molecule has 1 aromatic rings. The van der Waals surface area contributed by atoms with E-state index in [1.165, 1.54) is 0 Å². The van der Waals surface area contributed by atoms with Gasteiger partial charge in [-0.05, 0) is 25.2 Å². The van der Waals surface area contributed by atoms with E-state index in [0.717, 1.165) is 12.0 Å². The van der Waals surface area contributed by atoms with E-state index in [2.05, 4.69) is 13.8 Å². The standard InChI is InChI=1S/C16H20O2/c1-10(2)13-9-14(11(3)17)15(13)16(18)12-7-5-4-6-8-12/h4-8,10,13-15H,9H2,1-3H3/t13-,14-,15-/m1/s1. The van der Waals surface area contributed by atoms with Crippen LogP contribution in [-0.4, -0.2) is 11.6 Å². The molecule has 18 heavy (non-hydrogen) atoms. The van der Waals surface area contributed by atoms with Crippen molar-refractivity contribution >= 4 is 11.6 Å². The Morgan fingerprint density at radius 2 is 1.78 bits per heavy atom. The molecule has 1 aliphatic rings. The van der Waals surface area contributed by atoms with Gasteiger partial charge in [-0.1, -0.05) is 44.2 Å². The summed E-state index contributed by atoms with van der Waals surface area (Å²) in [4.78, 5) is 24.1. The molecule has 0 unspecified atom stereocenters. The highest BCUT2D eigenvalue weighted by atomic mass is 16.1. The molecule has 1 fully saturated rings. The number of ketones is 2. The molecule has 3 atom stereocenters. The molecule has 0 aromatic heterocycles. The van der Waals surface area contributed by atoms with E-state index in [-0.39, 0.29) is 23.4 Å². The fraction of sp³-hybridized carbons (Fsp3) is 0.500. The maximum absolute atomic E-state index is 12.5. The van der Waals surface area contributed by atoms with Crippen LogP contribution >= 0.6 is 0 Å². The van der Waals surface area contributed by atoms with E-state index >= 15 is 0 Å². The number of Topliss-reactive ketones (excluding diaryl/α,β-unsaturated/α-hetero) is 2. The van der Waals surface area contributed by atoms with Gasteiger partial charge in [0.1, 0.15) is 5.78 Å². The second kappa shape index (κ2) is 5.05. The molecule has 0 spiro atoms. The van der Waals surface area contributed by atoms with Crippen LogP contribution in [0.4, 0.5) is 0 Å². The number of hydrogen-bond acceptors (Lipinski definition) is 2. The van der Waals surface area contributed by atoms with Gasteiger partial charge < -0.3 is 0 Å². The molecule has 0 N–H and O–H groups in total. The topological polar surface area (TPSA) is 34.1 Å². The van der Waals surface area contributed by atoms with E-state index in [1.807, 2.05) is 30.3 Å². The first kappa shape index (κ1) is 13.0. The normalized spacial score (nSPS) is 26.8. The Kier molecular flexibility index (Phi) is 3.65. The first-order chi connectivity index (χ1) is 8.52. The molecule has 1 aliphatic carbocycles. The summed E-state index contributed by atoms with van der Waals surface area (Å²) in [5.74, 6) is 0.932. The fourth-order valence-corrected chi connectivity index (χ4v) is 2.97. The maximum Gasteiger partial charge on any atom is 0.166 e. The molecule has 0 saturated heterocycles. The Morgan fingerprint density at radius 1 is 1.17 bits per heavy atom. The molecule has 0 bridgehead atoms. The highest BCUT2D eigenvalue weighted by Crippen LogP contribution is 2.46. The number of carbonyl (C=O) groups is 2. The van der Waals surface area contributed by atoms with Crippen molar-refractivity contribution in [2.45, 2.75) is 27.2 Å². The Morgan fingerprint density at radius 3 is 2.28 bits per heavy atom. The first-order valence-electron chi connectivity index (χ1n) is 6.62. The maximum atomic E-state index is 12.5. The molecule has 1 saturated carbocycles. The monoisotopic (exact) mass is 244 g/mol. The zero-order chi connectivity index (χ0) is 13.3. The van der Waals surface area contributed by atoms with Crippen LogP contribution < -0.4 is 0 Å². The number of benzene rings is 1. The lowest BCUT2D eigenvalue weighted by Crippen LogP contribution is -2.47. The average Bonchev–Trinajstić information content (AvgIpc) is 2.27. The minimum atomic E-state index is -0.107. The summed E-state index contributed by atoms with van der Waals surface area (Å²) < 4.78 is 0. The van der Waals surface area contributed by atoms with Gasteiger partial charge in [-0.3, -0.25) is 9.59 Å². The number of rotatable bonds is 4. The fourth-order valence-electron chi connectivity index (χ4n) is 2.97. The van der Waals surface area contributed by atoms with Crippen LogP contribution in [-0.2, 0) is 4.79 Å². The van der Waals surface area contributed by atoms with Gasteiger partial charge >= 0.3 is 0 Å². The summed E-state index contributed by atoms with van der Waals surface area (Å²) >= 11 is 0. The lowest BCUT2D eigenvalue weighted by molar-refractivity contribution is -0.128. The summed E-state index contributed by atoms with van der Waals surface area (Å²) in [5.41, 5.74) is 0.735.